The smallest absolute Gasteiger partial charge is 0.282 e. The maximum absolute atomic E-state index is 12.8. The monoisotopic (exact) mass is 448 g/mol. The standard InChI is InChI=1S/C22H22Cl2N2O4/c1-4-29-20-10-14(5-8-19(20)30-12-13(2)3)9-16-21(27)25-26(22(16)28)15-6-7-17(23)18(24)11-15/h5-11,13H,4,12H2,1-3H3,(H,25,27). The summed E-state index contributed by atoms with van der Waals surface area (Å²) < 4.78 is 11.5. The molecule has 0 aliphatic carbocycles. The molecule has 30 heavy (non-hydrogen) atoms. The van der Waals surface area contributed by atoms with Crippen LogP contribution in [0.1, 0.15) is 26.3 Å². The van der Waals surface area contributed by atoms with Gasteiger partial charge in [0.2, 0.25) is 0 Å². The lowest BCUT2D eigenvalue weighted by Crippen LogP contribution is -2.35. The van der Waals surface area contributed by atoms with Crippen molar-refractivity contribution in [1.29, 1.82) is 0 Å². The van der Waals surface area contributed by atoms with Crippen molar-refractivity contribution < 1.29 is 19.1 Å². The lowest BCUT2D eigenvalue weighted by Gasteiger charge is -2.15. The normalized spacial score (nSPS) is 15.1. The molecule has 1 aliphatic rings. The highest BCUT2D eigenvalue weighted by Gasteiger charge is 2.34. The lowest BCUT2D eigenvalue weighted by atomic mass is 10.1. The quantitative estimate of drug-likeness (QED) is 0.483. The predicted octanol–water partition coefficient (Wildman–Crippen LogP) is 4.89. The minimum Gasteiger partial charge on any atom is -0.490 e. The summed E-state index contributed by atoms with van der Waals surface area (Å²) >= 11 is 12.0. The second-order valence-corrected chi connectivity index (χ2v) is 7.90. The minimum absolute atomic E-state index is 0.000584. The van der Waals surface area contributed by atoms with E-state index in [-0.39, 0.29) is 10.6 Å². The molecule has 0 bridgehead atoms. The molecule has 6 nitrogen and oxygen atoms in total. The first kappa shape index (κ1) is 22.0. The Balaban J connectivity index is 1.88. The van der Waals surface area contributed by atoms with Crippen molar-refractivity contribution in [2.75, 3.05) is 18.2 Å². The van der Waals surface area contributed by atoms with Crippen LogP contribution >= 0.6 is 23.2 Å². The summed E-state index contributed by atoms with van der Waals surface area (Å²) in [6.45, 7) is 7.01. The number of nitrogens with zero attached hydrogens (tertiary/aromatic N) is 1. The van der Waals surface area contributed by atoms with Gasteiger partial charge in [-0.05, 0) is 54.8 Å². The number of amides is 2. The number of hydrazine groups is 1. The fraction of sp³-hybridized carbons (Fsp3) is 0.273. The molecule has 3 rings (SSSR count). The van der Waals surface area contributed by atoms with Gasteiger partial charge in [-0.15, -0.1) is 0 Å². The van der Waals surface area contributed by atoms with Gasteiger partial charge in [-0.25, -0.2) is 5.01 Å². The number of rotatable bonds is 7. The second kappa shape index (κ2) is 9.41. The van der Waals surface area contributed by atoms with Crippen LogP contribution in [0.4, 0.5) is 5.69 Å². The molecule has 1 saturated heterocycles. The number of benzene rings is 2. The maximum atomic E-state index is 12.8. The average molecular weight is 449 g/mol. The number of hydrogen-bond donors (Lipinski definition) is 1. The second-order valence-electron chi connectivity index (χ2n) is 7.08. The molecule has 0 aromatic heterocycles. The number of ether oxygens (including phenoxy) is 2. The molecule has 8 heteroatoms. The lowest BCUT2D eigenvalue weighted by molar-refractivity contribution is -0.117. The van der Waals surface area contributed by atoms with E-state index in [0.29, 0.717) is 46.9 Å². The van der Waals surface area contributed by atoms with Gasteiger partial charge in [0.1, 0.15) is 5.57 Å². The van der Waals surface area contributed by atoms with Crippen LogP contribution in [0.3, 0.4) is 0 Å². The van der Waals surface area contributed by atoms with Gasteiger partial charge in [0, 0.05) is 0 Å². The molecule has 1 fully saturated rings. The zero-order chi connectivity index (χ0) is 21.8. The van der Waals surface area contributed by atoms with E-state index >= 15 is 0 Å². The number of carbonyl (C=O) groups is 2. The molecule has 158 valence electrons. The third-order valence-electron chi connectivity index (χ3n) is 4.20. The van der Waals surface area contributed by atoms with Crippen LogP contribution in [0.15, 0.2) is 42.0 Å². The number of hydrogen-bond acceptors (Lipinski definition) is 4. The zero-order valence-corrected chi connectivity index (χ0v) is 18.4. The van der Waals surface area contributed by atoms with Crippen molar-refractivity contribution in [1.82, 2.24) is 5.43 Å². The molecule has 0 saturated carbocycles. The Bertz CT molecular complexity index is 1000. The Morgan fingerprint density at radius 3 is 2.47 bits per heavy atom. The van der Waals surface area contributed by atoms with Gasteiger partial charge < -0.3 is 9.47 Å². The fourth-order valence-electron chi connectivity index (χ4n) is 2.79. The molecular weight excluding hydrogens is 427 g/mol. The highest BCUT2D eigenvalue weighted by Crippen LogP contribution is 2.32. The summed E-state index contributed by atoms with van der Waals surface area (Å²) in [5.74, 6) is 0.543. The van der Waals surface area contributed by atoms with Crippen molar-refractivity contribution in [2.24, 2.45) is 5.92 Å². The Hall–Kier alpha value is -2.70. The molecule has 1 heterocycles. The summed E-state index contributed by atoms with van der Waals surface area (Å²) in [7, 11) is 0. The largest absolute Gasteiger partial charge is 0.490 e. The van der Waals surface area contributed by atoms with Crippen molar-refractivity contribution in [2.45, 2.75) is 20.8 Å². The molecule has 0 radical (unpaired) electrons. The number of halogens is 2. The van der Waals surface area contributed by atoms with Crippen LogP contribution in [-0.4, -0.2) is 25.0 Å². The first-order valence-corrected chi connectivity index (χ1v) is 10.3. The summed E-state index contributed by atoms with van der Waals surface area (Å²) in [5, 5.41) is 1.78. The molecule has 0 spiro atoms. The molecule has 1 N–H and O–H groups in total. The first-order valence-electron chi connectivity index (χ1n) is 9.52. The van der Waals surface area contributed by atoms with Crippen LogP contribution in [0, 0.1) is 5.92 Å². The van der Waals surface area contributed by atoms with Crippen molar-refractivity contribution in [3.05, 3.63) is 57.6 Å². The summed E-state index contributed by atoms with van der Waals surface area (Å²) in [6.07, 6.45) is 1.52. The summed E-state index contributed by atoms with van der Waals surface area (Å²) in [6, 6.07) is 9.96. The average Bonchev–Trinajstić information content (AvgIpc) is 2.98. The van der Waals surface area contributed by atoms with Crippen LogP contribution in [-0.2, 0) is 9.59 Å². The fourth-order valence-corrected chi connectivity index (χ4v) is 3.08. The van der Waals surface area contributed by atoms with Gasteiger partial charge in [-0.2, -0.15) is 0 Å². The van der Waals surface area contributed by atoms with E-state index in [1.54, 1.807) is 30.3 Å². The molecule has 1 aliphatic heterocycles. The topological polar surface area (TPSA) is 67.9 Å². The van der Waals surface area contributed by atoms with Crippen LogP contribution in [0.25, 0.3) is 6.08 Å². The van der Waals surface area contributed by atoms with Gasteiger partial charge in [-0.1, -0.05) is 43.1 Å². The Kier molecular flexibility index (Phi) is 6.90. The van der Waals surface area contributed by atoms with E-state index in [1.807, 2.05) is 6.92 Å². The first-order chi connectivity index (χ1) is 14.3. The van der Waals surface area contributed by atoms with Crippen LogP contribution in [0.5, 0.6) is 11.5 Å². The molecule has 0 unspecified atom stereocenters. The van der Waals surface area contributed by atoms with E-state index in [2.05, 4.69) is 19.3 Å². The molecule has 2 aromatic carbocycles. The summed E-state index contributed by atoms with van der Waals surface area (Å²) in [4.78, 5) is 25.2. The highest BCUT2D eigenvalue weighted by atomic mass is 35.5. The van der Waals surface area contributed by atoms with Gasteiger partial charge in [0.05, 0.1) is 28.9 Å². The van der Waals surface area contributed by atoms with Gasteiger partial charge in [-0.3, -0.25) is 15.0 Å². The number of anilines is 1. The van der Waals surface area contributed by atoms with Gasteiger partial charge in [0.15, 0.2) is 11.5 Å². The highest BCUT2D eigenvalue weighted by molar-refractivity contribution is 6.42. The molecule has 2 amide bonds. The van der Waals surface area contributed by atoms with E-state index in [9.17, 15) is 9.59 Å². The summed E-state index contributed by atoms with van der Waals surface area (Å²) in [5.41, 5.74) is 3.60. The molecule has 2 aromatic rings. The maximum Gasteiger partial charge on any atom is 0.282 e. The predicted molar refractivity (Wildman–Crippen MR) is 118 cm³/mol. The van der Waals surface area contributed by atoms with Crippen molar-refractivity contribution >= 4 is 46.8 Å². The number of nitrogens with one attached hydrogen (secondary N) is 1. The van der Waals surface area contributed by atoms with Crippen LogP contribution < -0.4 is 19.9 Å². The Morgan fingerprint density at radius 1 is 1.03 bits per heavy atom. The zero-order valence-electron chi connectivity index (χ0n) is 16.9. The SMILES string of the molecule is CCOc1cc(C=C2C(=O)NN(c3ccc(Cl)c(Cl)c3)C2=O)ccc1OCC(C)C. The van der Waals surface area contributed by atoms with E-state index in [0.717, 1.165) is 5.01 Å². The molecular formula is C22H22Cl2N2O4. The minimum atomic E-state index is -0.510. The van der Waals surface area contributed by atoms with Gasteiger partial charge >= 0.3 is 0 Å². The Labute approximate surface area is 185 Å². The number of carbonyl (C=O) groups excluding carboxylic acids is 2. The molecule has 0 atom stereocenters. The van der Waals surface area contributed by atoms with Crippen LogP contribution in [0.2, 0.25) is 10.0 Å². The van der Waals surface area contributed by atoms with Crippen molar-refractivity contribution in [3.63, 3.8) is 0 Å². The van der Waals surface area contributed by atoms with E-state index in [4.69, 9.17) is 32.7 Å². The third-order valence-corrected chi connectivity index (χ3v) is 4.94. The third kappa shape index (κ3) is 4.89. The van der Waals surface area contributed by atoms with Crippen molar-refractivity contribution in [3.8, 4) is 11.5 Å². The van der Waals surface area contributed by atoms with E-state index < -0.39 is 11.8 Å². The van der Waals surface area contributed by atoms with E-state index in [1.165, 1.54) is 12.1 Å². The Morgan fingerprint density at radius 2 is 1.80 bits per heavy atom. The van der Waals surface area contributed by atoms with Gasteiger partial charge in [0.25, 0.3) is 11.8 Å².